The van der Waals surface area contributed by atoms with Crippen molar-refractivity contribution in [2.75, 3.05) is 24.9 Å². The second kappa shape index (κ2) is 8.66. The third-order valence-corrected chi connectivity index (χ3v) is 3.77. The SMILES string of the molecule is COc1ccc(CNc2nncc(NCc3ccccc3)n2)cc1OC. The van der Waals surface area contributed by atoms with Crippen molar-refractivity contribution in [2.45, 2.75) is 13.1 Å². The van der Waals surface area contributed by atoms with Gasteiger partial charge in [0.25, 0.3) is 0 Å². The lowest BCUT2D eigenvalue weighted by molar-refractivity contribution is 0.354. The van der Waals surface area contributed by atoms with E-state index in [1.165, 1.54) is 5.56 Å². The van der Waals surface area contributed by atoms with Crippen LogP contribution in [0.4, 0.5) is 11.8 Å². The number of benzene rings is 2. The molecule has 0 aliphatic heterocycles. The van der Waals surface area contributed by atoms with Gasteiger partial charge in [-0.1, -0.05) is 36.4 Å². The molecule has 7 nitrogen and oxygen atoms in total. The van der Waals surface area contributed by atoms with Crippen molar-refractivity contribution in [3.05, 3.63) is 65.9 Å². The highest BCUT2D eigenvalue weighted by molar-refractivity contribution is 5.44. The Morgan fingerprint density at radius 3 is 2.38 bits per heavy atom. The quantitative estimate of drug-likeness (QED) is 0.645. The zero-order valence-corrected chi connectivity index (χ0v) is 14.8. The van der Waals surface area contributed by atoms with Crippen LogP contribution in [0.25, 0.3) is 0 Å². The molecule has 0 aliphatic rings. The minimum absolute atomic E-state index is 0.456. The van der Waals surface area contributed by atoms with Gasteiger partial charge in [-0.15, -0.1) is 5.10 Å². The van der Waals surface area contributed by atoms with Gasteiger partial charge < -0.3 is 20.1 Å². The first-order chi connectivity index (χ1) is 12.8. The van der Waals surface area contributed by atoms with Crippen molar-refractivity contribution in [1.29, 1.82) is 0 Å². The molecular formula is C19H21N5O2. The number of aromatic nitrogens is 3. The van der Waals surface area contributed by atoms with Crippen LogP contribution in [0.5, 0.6) is 11.5 Å². The Morgan fingerprint density at radius 1 is 0.846 bits per heavy atom. The molecule has 3 rings (SSSR count). The molecule has 0 atom stereocenters. The Morgan fingerprint density at radius 2 is 1.62 bits per heavy atom. The Kier molecular flexibility index (Phi) is 5.82. The summed E-state index contributed by atoms with van der Waals surface area (Å²) in [5.74, 6) is 2.50. The van der Waals surface area contributed by atoms with E-state index in [2.05, 4.69) is 37.9 Å². The number of hydrogen-bond acceptors (Lipinski definition) is 7. The highest BCUT2D eigenvalue weighted by atomic mass is 16.5. The average molecular weight is 351 g/mol. The first-order valence-corrected chi connectivity index (χ1v) is 8.21. The van der Waals surface area contributed by atoms with Crippen LogP contribution in [0.3, 0.4) is 0 Å². The lowest BCUT2D eigenvalue weighted by atomic mass is 10.2. The van der Waals surface area contributed by atoms with Gasteiger partial charge in [0.15, 0.2) is 17.3 Å². The Labute approximate surface area is 152 Å². The molecule has 2 N–H and O–H groups in total. The second-order valence-corrected chi connectivity index (χ2v) is 5.55. The summed E-state index contributed by atoms with van der Waals surface area (Å²) in [6, 6.07) is 15.8. The third-order valence-electron chi connectivity index (χ3n) is 3.77. The van der Waals surface area contributed by atoms with E-state index in [9.17, 15) is 0 Å². The highest BCUT2D eigenvalue weighted by Gasteiger charge is 2.06. The maximum atomic E-state index is 5.32. The van der Waals surface area contributed by atoms with Crippen LogP contribution in [-0.4, -0.2) is 29.4 Å². The highest BCUT2D eigenvalue weighted by Crippen LogP contribution is 2.27. The molecule has 0 saturated carbocycles. The fourth-order valence-electron chi connectivity index (χ4n) is 2.42. The molecule has 1 aromatic heterocycles. The smallest absolute Gasteiger partial charge is 0.244 e. The molecule has 0 bridgehead atoms. The molecule has 0 amide bonds. The standard InChI is InChI=1S/C19H21N5O2/c1-25-16-9-8-15(10-17(16)26-2)12-21-19-23-18(13-22-24-19)20-11-14-6-4-3-5-7-14/h3-10,13H,11-12H2,1-2H3,(H2,20,21,23,24). The van der Waals surface area contributed by atoms with E-state index in [-0.39, 0.29) is 0 Å². The van der Waals surface area contributed by atoms with Crippen LogP contribution >= 0.6 is 0 Å². The summed E-state index contributed by atoms with van der Waals surface area (Å²) in [4.78, 5) is 4.43. The van der Waals surface area contributed by atoms with Crippen molar-refractivity contribution in [3.63, 3.8) is 0 Å². The van der Waals surface area contributed by atoms with Crippen molar-refractivity contribution >= 4 is 11.8 Å². The van der Waals surface area contributed by atoms with Gasteiger partial charge in [0.05, 0.1) is 20.4 Å². The Balaban J connectivity index is 1.60. The van der Waals surface area contributed by atoms with E-state index in [4.69, 9.17) is 9.47 Å². The van der Waals surface area contributed by atoms with Gasteiger partial charge in [-0.25, -0.2) is 0 Å². The Bertz CT molecular complexity index is 842. The number of nitrogens with zero attached hydrogens (tertiary/aromatic N) is 3. The molecule has 26 heavy (non-hydrogen) atoms. The van der Waals surface area contributed by atoms with Gasteiger partial charge in [-0.2, -0.15) is 10.1 Å². The van der Waals surface area contributed by atoms with Gasteiger partial charge in [0.1, 0.15) is 0 Å². The molecule has 0 radical (unpaired) electrons. The van der Waals surface area contributed by atoms with E-state index in [1.54, 1.807) is 20.4 Å². The topological polar surface area (TPSA) is 81.2 Å². The van der Waals surface area contributed by atoms with Gasteiger partial charge in [0, 0.05) is 13.1 Å². The van der Waals surface area contributed by atoms with E-state index >= 15 is 0 Å². The fourth-order valence-corrected chi connectivity index (χ4v) is 2.42. The van der Waals surface area contributed by atoms with Crippen molar-refractivity contribution in [2.24, 2.45) is 0 Å². The van der Waals surface area contributed by atoms with Gasteiger partial charge in [0.2, 0.25) is 5.95 Å². The van der Waals surface area contributed by atoms with E-state index in [1.807, 2.05) is 36.4 Å². The number of hydrogen-bond donors (Lipinski definition) is 2. The lowest BCUT2D eigenvalue weighted by Gasteiger charge is -2.10. The molecule has 7 heteroatoms. The molecule has 0 fully saturated rings. The van der Waals surface area contributed by atoms with Gasteiger partial charge in [-0.3, -0.25) is 0 Å². The van der Waals surface area contributed by atoms with Crippen LogP contribution in [0, 0.1) is 0 Å². The fraction of sp³-hybridized carbons (Fsp3) is 0.211. The summed E-state index contributed by atoms with van der Waals surface area (Å²) in [7, 11) is 3.23. The zero-order chi connectivity index (χ0) is 18.2. The maximum Gasteiger partial charge on any atom is 0.244 e. The summed E-state index contributed by atoms with van der Waals surface area (Å²) >= 11 is 0. The number of ether oxygens (including phenoxy) is 2. The summed E-state index contributed by atoms with van der Waals surface area (Å²) in [5.41, 5.74) is 2.19. The molecule has 134 valence electrons. The van der Waals surface area contributed by atoms with Gasteiger partial charge >= 0.3 is 0 Å². The third kappa shape index (κ3) is 4.60. The van der Waals surface area contributed by atoms with Crippen LogP contribution < -0.4 is 20.1 Å². The zero-order valence-electron chi connectivity index (χ0n) is 14.8. The van der Waals surface area contributed by atoms with E-state index in [0.29, 0.717) is 36.4 Å². The summed E-state index contributed by atoms with van der Waals surface area (Å²) in [5, 5.41) is 14.4. The normalized spacial score (nSPS) is 10.2. The minimum atomic E-state index is 0.456. The Hall–Kier alpha value is -3.35. The molecule has 3 aromatic rings. The number of rotatable bonds is 8. The largest absolute Gasteiger partial charge is 0.493 e. The summed E-state index contributed by atoms with van der Waals surface area (Å²) < 4.78 is 10.6. The number of anilines is 2. The predicted octanol–water partition coefficient (Wildman–Crippen LogP) is 3.11. The predicted molar refractivity (Wildman–Crippen MR) is 100 cm³/mol. The molecule has 0 spiro atoms. The number of methoxy groups -OCH3 is 2. The van der Waals surface area contributed by atoms with Crippen molar-refractivity contribution in [1.82, 2.24) is 15.2 Å². The molecule has 2 aromatic carbocycles. The molecule has 1 heterocycles. The summed E-state index contributed by atoms with van der Waals surface area (Å²) in [6.07, 6.45) is 1.60. The van der Waals surface area contributed by atoms with Crippen molar-refractivity contribution in [3.8, 4) is 11.5 Å². The van der Waals surface area contributed by atoms with Crippen LogP contribution in [-0.2, 0) is 13.1 Å². The number of nitrogens with one attached hydrogen (secondary N) is 2. The lowest BCUT2D eigenvalue weighted by Crippen LogP contribution is -2.08. The molecule has 0 aliphatic carbocycles. The first-order valence-electron chi connectivity index (χ1n) is 8.21. The second-order valence-electron chi connectivity index (χ2n) is 5.55. The van der Waals surface area contributed by atoms with Crippen LogP contribution in [0.15, 0.2) is 54.7 Å². The maximum absolute atomic E-state index is 5.32. The van der Waals surface area contributed by atoms with Crippen LogP contribution in [0.2, 0.25) is 0 Å². The van der Waals surface area contributed by atoms with Gasteiger partial charge in [-0.05, 0) is 23.3 Å². The molecule has 0 saturated heterocycles. The monoisotopic (exact) mass is 351 g/mol. The molecule has 0 unspecified atom stereocenters. The summed E-state index contributed by atoms with van der Waals surface area (Å²) in [6.45, 7) is 1.22. The van der Waals surface area contributed by atoms with Crippen LogP contribution in [0.1, 0.15) is 11.1 Å². The average Bonchev–Trinajstić information content (AvgIpc) is 2.71. The van der Waals surface area contributed by atoms with E-state index < -0.39 is 0 Å². The van der Waals surface area contributed by atoms with Crippen molar-refractivity contribution < 1.29 is 9.47 Å². The first kappa shape index (κ1) is 17.5. The molecular weight excluding hydrogens is 330 g/mol. The minimum Gasteiger partial charge on any atom is -0.493 e. The van der Waals surface area contributed by atoms with E-state index in [0.717, 1.165) is 5.56 Å².